The predicted octanol–water partition coefficient (Wildman–Crippen LogP) is 3.12. The van der Waals surface area contributed by atoms with Gasteiger partial charge in [-0.2, -0.15) is 0 Å². The summed E-state index contributed by atoms with van der Waals surface area (Å²) in [5, 5.41) is 4.12. The largest absolute Gasteiger partial charge is 0.382 e. The molecule has 0 spiro atoms. The molecule has 1 aromatic rings. The fourth-order valence-electron chi connectivity index (χ4n) is 1.52. The second kappa shape index (κ2) is 6.05. The first-order valence-corrected chi connectivity index (χ1v) is 6.59. The van der Waals surface area contributed by atoms with Crippen LogP contribution in [0.5, 0.6) is 0 Å². The van der Waals surface area contributed by atoms with E-state index in [-0.39, 0.29) is 6.10 Å². The first-order valence-electron chi connectivity index (χ1n) is 5.14. The Balaban J connectivity index is 1.88. The van der Waals surface area contributed by atoms with Gasteiger partial charge in [-0.05, 0) is 47.2 Å². The topological polar surface area (TPSA) is 30.5 Å². The lowest BCUT2D eigenvalue weighted by Crippen LogP contribution is -2.30. The van der Waals surface area contributed by atoms with Crippen LogP contribution in [0.15, 0.2) is 18.2 Å². The van der Waals surface area contributed by atoms with Gasteiger partial charge in [0.25, 0.3) is 0 Å². The molecule has 1 unspecified atom stereocenters. The highest BCUT2D eigenvalue weighted by Crippen LogP contribution is 2.22. The molecule has 0 bridgehead atoms. The fraction of sp³-hybridized carbons (Fsp3) is 0.455. The number of anilines is 1. The van der Waals surface area contributed by atoms with Gasteiger partial charge in [0.2, 0.25) is 0 Å². The molecule has 5 heteroatoms. The Hall–Kier alpha value is -0.0400. The lowest BCUT2D eigenvalue weighted by Gasteiger charge is -2.23. The van der Waals surface area contributed by atoms with Crippen molar-refractivity contribution in [1.82, 2.24) is 0 Å². The minimum absolute atomic E-state index is 0.236. The van der Waals surface area contributed by atoms with E-state index in [2.05, 4.69) is 27.9 Å². The van der Waals surface area contributed by atoms with Crippen LogP contribution in [0.2, 0.25) is 5.02 Å². The van der Waals surface area contributed by atoms with Crippen LogP contribution in [0.25, 0.3) is 0 Å². The third-order valence-corrected chi connectivity index (χ3v) is 3.55. The van der Waals surface area contributed by atoms with Gasteiger partial charge < -0.3 is 14.8 Å². The van der Waals surface area contributed by atoms with E-state index in [4.69, 9.17) is 21.1 Å². The van der Waals surface area contributed by atoms with E-state index in [0.717, 1.165) is 33.9 Å². The highest BCUT2D eigenvalue weighted by molar-refractivity contribution is 14.1. The average Bonchev–Trinajstić information content (AvgIpc) is 2.29. The van der Waals surface area contributed by atoms with Gasteiger partial charge in [-0.1, -0.05) is 11.6 Å². The minimum Gasteiger partial charge on any atom is -0.382 e. The van der Waals surface area contributed by atoms with E-state index in [1.54, 1.807) is 0 Å². The summed E-state index contributed by atoms with van der Waals surface area (Å²) < 4.78 is 11.7. The van der Waals surface area contributed by atoms with E-state index < -0.39 is 0 Å². The molecule has 1 atom stereocenters. The van der Waals surface area contributed by atoms with Crippen LogP contribution in [-0.2, 0) is 9.47 Å². The highest BCUT2D eigenvalue weighted by atomic mass is 127. The molecule has 0 radical (unpaired) electrons. The lowest BCUT2D eigenvalue weighted by molar-refractivity contribution is -0.133. The number of hydrogen-bond acceptors (Lipinski definition) is 3. The summed E-state index contributed by atoms with van der Waals surface area (Å²) in [4.78, 5) is 0. The van der Waals surface area contributed by atoms with Crippen molar-refractivity contribution < 1.29 is 9.47 Å². The molecule has 1 aromatic carbocycles. The molecule has 16 heavy (non-hydrogen) atoms. The van der Waals surface area contributed by atoms with Crippen molar-refractivity contribution >= 4 is 39.9 Å². The molecular weight excluding hydrogens is 340 g/mol. The van der Waals surface area contributed by atoms with Crippen LogP contribution in [0, 0.1) is 3.57 Å². The van der Waals surface area contributed by atoms with Crippen molar-refractivity contribution in [3.05, 3.63) is 26.8 Å². The zero-order chi connectivity index (χ0) is 11.4. The summed E-state index contributed by atoms with van der Waals surface area (Å²) in [6.07, 6.45) is 1.18. The Morgan fingerprint density at radius 2 is 2.38 bits per heavy atom. The average molecular weight is 354 g/mol. The molecule has 1 aliphatic rings. The predicted molar refractivity (Wildman–Crippen MR) is 73.0 cm³/mol. The van der Waals surface area contributed by atoms with Crippen molar-refractivity contribution in [2.75, 3.05) is 25.3 Å². The van der Waals surface area contributed by atoms with Gasteiger partial charge >= 0.3 is 0 Å². The van der Waals surface area contributed by atoms with E-state index >= 15 is 0 Å². The zero-order valence-corrected chi connectivity index (χ0v) is 11.6. The summed E-state index contributed by atoms with van der Waals surface area (Å²) in [5.41, 5.74) is 1.10. The Labute approximate surface area is 114 Å². The maximum Gasteiger partial charge on any atom is 0.147 e. The third kappa shape index (κ3) is 3.48. The summed E-state index contributed by atoms with van der Waals surface area (Å²) in [5.74, 6) is 0. The van der Waals surface area contributed by atoms with Gasteiger partial charge in [0, 0.05) is 20.8 Å². The monoisotopic (exact) mass is 353 g/mol. The normalized spacial score (nSPS) is 20.8. The molecule has 1 fully saturated rings. The van der Waals surface area contributed by atoms with Gasteiger partial charge in [0.15, 0.2) is 0 Å². The minimum atomic E-state index is 0.236. The number of ether oxygens (including phenoxy) is 2. The van der Waals surface area contributed by atoms with Gasteiger partial charge in [-0.15, -0.1) is 0 Å². The maximum atomic E-state index is 5.89. The SMILES string of the molecule is Clc1ccc(NCC2CCOCO2)c(I)c1. The van der Waals surface area contributed by atoms with Crippen molar-refractivity contribution in [3.63, 3.8) is 0 Å². The molecule has 1 heterocycles. The van der Waals surface area contributed by atoms with Crippen LogP contribution in [0.1, 0.15) is 6.42 Å². The lowest BCUT2D eigenvalue weighted by atomic mass is 10.2. The summed E-state index contributed by atoms with van der Waals surface area (Å²) >= 11 is 8.16. The van der Waals surface area contributed by atoms with Crippen LogP contribution in [0.3, 0.4) is 0 Å². The molecule has 3 nitrogen and oxygen atoms in total. The number of rotatable bonds is 3. The Morgan fingerprint density at radius 1 is 1.50 bits per heavy atom. The number of halogens is 2. The van der Waals surface area contributed by atoms with Crippen molar-refractivity contribution in [3.8, 4) is 0 Å². The van der Waals surface area contributed by atoms with Gasteiger partial charge in [0.1, 0.15) is 6.79 Å². The molecule has 0 aromatic heterocycles. The number of nitrogens with one attached hydrogen (secondary N) is 1. The molecule has 2 rings (SSSR count). The molecule has 88 valence electrons. The summed E-state index contributed by atoms with van der Waals surface area (Å²) in [6, 6.07) is 5.82. The van der Waals surface area contributed by atoms with E-state index in [1.165, 1.54) is 0 Å². The quantitative estimate of drug-likeness (QED) is 0.847. The van der Waals surface area contributed by atoms with Crippen LogP contribution >= 0.6 is 34.2 Å². The molecule has 1 N–H and O–H groups in total. The fourth-order valence-corrected chi connectivity index (χ4v) is 2.58. The number of benzene rings is 1. The van der Waals surface area contributed by atoms with E-state index in [9.17, 15) is 0 Å². The second-order valence-electron chi connectivity index (χ2n) is 3.61. The molecule has 0 saturated carbocycles. The Bertz CT molecular complexity index is 356. The molecule has 0 aliphatic carbocycles. The van der Waals surface area contributed by atoms with Crippen molar-refractivity contribution in [2.24, 2.45) is 0 Å². The molecule has 1 aliphatic heterocycles. The van der Waals surface area contributed by atoms with Gasteiger partial charge in [-0.25, -0.2) is 0 Å². The molecular formula is C11H13ClINO2. The first-order chi connectivity index (χ1) is 7.75. The summed E-state index contributed by atoms with van der Waals surface area (Å²) in [7, 11) is 0. The van der Waals surface area contributed by atoms with Crippen LogP contribution in [0.4, 0.5) is 5.69 Å². The van der Waals surface area contributed by atoms with Crippen LogP contribution in [-0.4, -0.2) is 26.0 Å². The number of hydrogen-bond donors (Lipinski definition) is 1. The zero-order valence-electron chi connectivity index (χ0n) is 8.71. The third-order valence-electron chi connectivity index (χ3n) is 2.42. The second-order valence-corrected chi connectivity index (χ2v) is 5.21. The Kier molecular flexibility index (Phi) is 4.69. The maximum absolute atomic E-state index is 5.89. The summed E-state index contributed by atoms with van der Waals surface area (Å²) in [6.45, 7) is 2.00. The molecule has 1 saturated heterocycles. The first kappa shape index (κ1) is 12.4. The van der Waals surface area contributed by atoms with Crippen molar-refractivity contribution in [1.29, 1.82) is 0 Å². The standard InChI is InChI=1S/C11H13ClINO2/c12-8-1-2-11(10(13)5-8)14-6-9-3-4-15-7-16-9/h1-2,5,9,14H,3-4,6-7H2. The van der Waals surface area contributed by atoms with Crippen LogP contribution < -0.4 is 5.32 Å². The van der Waals surface area contributed by atoms with E-state index in [0.29, 0.717) is 6.79 Å². The van der Waals surface area contributed by atoms with Crippen molar-refractivity contribution in [2.45, 2.75) is 12.5 Å². The van der Waals surface area contributed by atoms with E-state index in [1.807, 2.05) is 18.2 Å². The highest BCUT2D eigenvalue weighted by Gasteiger charge is 2.13. The van der Waals surface area contributed by atoms with Gasteiger partial charge in [-0.3, -0.25) is 0 Å². The smallest absolute Gasteiger partial charge is 0.147 e. The molecule has 0 amide bonds. The van der Waals surface area contributed by atoms with Gasteiger partial charge in [0.05, 0.1) is 12.7 Å². The Morgan fingerprint density at radius 3 is 3.06 bits per heavy atom.